The summed E-state index contributed by atoms with van der Waals surface area (Å²) in [6.45, 7) is 3.53. The molecule has 0 radical (unpaired) electrons. The molecule has 100 valence electrons. The van der Waals surface area contributed by atoms with E-state index < -0.39 is 11.8 Å². The fourth-order valence-corrected chi connectivity index (χ4v) is 1.65. The molecule has 4 nitrogen and oxygen atoms in total. The molecule has 1 aromatic carbocycles. The standard InChI is InChI=1S/C14H13FO4/c1-8-3-4-11(15)12(5-8)18-7-10-6-13(14(16)17)19-9(10)2/h3-6H,7H2,1-2H3,(H,16,17). The number of aryl methyl sites for hydroxylation is 2. The van der Waals surface area contributed by atoms with Gasteiger partial charge in [-0.3, -0.25) is 0 Å². The minimum absolute atomic E-state index is 0.0585. The van der Waals surface area contributed by atoms with Gasteiger partial charge in [0.1, 0.15) is 12.4 Å². The summed E-state index contributed by atoms with van der Waals surface area (Å²) in [6.07, 6.45) is 0. The van der Waals surface area contributed by atoms with Gasteiger partial charge in [0, 0.05) is 5.56 Å². The minimum Gasteiger partial charge on any atom is -0.486 e. The Morgan fingerprint density at radius 3 is 2.74 bits per heavy atom. The van der Waals surface area contributed by atoms with E-state index in [9.17, 15) is 9.18 Å². The SMILES string of the molecule is Cc1ccc(F)c(OCc2cc(C(=O)O)oc2C)c1. The molecule has 1 N–H and O–H groups in total. The lowest BCUT2D eigenvalue weighted by molar-refractivity contribution is 0.0661. The highest BCUT2D eigenvalue weighted by Crippen LogP contribution is 2.21. The summed E-state index contributed by atoms with van der Waals surface area (Å²) in [5.41, 5.74) is 1.46. The third-order valence-corrected chi connectivity index (χ3v) is 2.70. The third-order valence-electron chi connectivity index (χ3n) is 2.70. The van der Waals surface area contributed by atoms with Crippen LogP contribution in [0, 0.1) is 19.7 Å². The predicted octanol–water partition coefficient (Wildman–Crippen LogP) is 3.31. The maximum absolute atomic E-state index is 13.5. The Labute approximate surface area is 109 Å². The molecule has 1 heterocycles. The molecular weight excluding hydrogens is 251 g/mol. The summed E-state index contributed by atoms with van der Waals surface area (Å²) in [5, 5.41) is 8.79. The van der Waals surface area contributed by atoms with Gasteiger partial charge < -0.3 is 14.3 Å². The largest absolute Gasteiger partial charge is 0.486 e. The van der Waals surface area contributed by atoms with E-state index in [1.807, 2.05) is 6.92 Å². The van der Waals surface area contributed by atoms with Crippen LogP contribution in [0.4, 0.5) is 4.39 Å². The maximum atomic E-state index is 13.5. The first kappa shape index (κ1) is 13.1. The topological polar surface area (TPSA) is 59.7 Å². The molecule has 0 amide bonds. The molecule has 0 aliphatic heterocycles. The van der Waals surface area contributed by atoms with Crippen LogP contribution >= 0.6 is 0 Å². The molecule has 5 heteroatoms. The monoisotopic (exact) mass is 264 g/mol. The van der Waals surface area contributed by atoms with Crippen molar-refractivity contribution >= 4 is 5.97 Å². The molecule has 0 aliphatic rings. The fraction of sp³-hybridized carbons (Fsp3) is 0.214. The molecule has 1 aromatic heterocycles. The Morgan fingerprint density at radius 1 is 1.37 bits per heavy atom. The average Bonchev–Trinajstić information content (AvgIpc) is 2.72. The van der Waals surface area contributed by atoms with Crippen LogP contribution in [-0.2, 0) is 6.61 Å². The number of carboxylic acid groups (broad SMARTS) is 1. The van der Waals surface area contributed by atoms with Crippen LogP contribution in [0.15, 0.2) is 28.7 Å². The van der Waals surface area contributed by atoms with Crippen molar-refractivity contribution in [2.75, 3.05) is 0 Å². The van der Waals surface area contributed by atoms with E-state index in [0.717, 1.165) is 5.56 Å². The van der Waals surface area contributed by atoms with Crippen LogP contribution in [0.25, 0.3) is 0 Å². The molecule has 0 aliphatic carbocycles. The summed E-state index contributed by atoms with van der Waals surface area (Å²) in [4.78, 5) is 10.7. The number of aromatic carboxylic acids is 1. The molecule has 2 aromatic rings. The van der Waals surface area contributed by atoms with Crippen LogP contribution in [0.5, 0.6) is 5.75 Å². The van der Waals surface area contributed by atoms with Crippen molar-refractivity contribution in [2.24, 2.45) is 0 Å². The first-order valence-electron chi connectivity index (χ1n) is 5.69. The van der Waals surface area contributed by atoms with Crippen molar-refractivity contribution in [3.05, 3.63) is 52.7 Å². The highest BCUT2D eigenvalue weighted by molar-refractivity contribution is 5.84. The molecule has 0 saturated heterocycles. The zero-order valence-corrected chi connectivity index (χ0v) is 10.6. The van der Waals surface area contributed by atoms with Crippen molar-refractivity contribution < 1.29 is 23.4 Å². The quantitative estimate of drug-likeness (QED) is 0.920. The molecule has 0 saturated carbocycles. The number of halogens is 1. The van der Waals surface area contributed by atoms with E-state index in [1.165, 1.54) is 12.1 Å². The van der Waals surface area contributed by atoms with E-state index in [4.69, 9.17) is 14.3 Å². The van der Waals surface area contributed by atoms with E-state index in [0.29, 0.717) is 11.3 Å². The number of benzene rings is 1. The smallest absolute Gasteiger partial charge is 0.371 e. The number of hydrogen-bond donors (Lipinski definition) is 1. The zero-order valence-electron chi connectivity index (χ0n) is 10.6. The molecule has 0 spiro atoms. The van der Waals surface area contributed by atoms with Gasteiger partial charge in [0.25, 0.3) is 0 Å². The van der Waals surface area contributed by atoms with Gasteiger partial charge in [0.2, 0.25) is 5.76 Å². The minimum atomic E-state index is -1.14. The lowest BCUT2D eigenvalue weighted by Gasteiger charge is -2.07. The Balaban J connectivity index is 2.14. The Kier molecular flexibility index (Phi) is 3.55. The van der Waals surface area contributed by atoms with Crippen molar-refractivity contribution in [1.29, 1.82) is 0 Å². The molecule has 0 fully saturated rings. The number of carboxylic acids is 1. The number of furan rings is 1. The summed E-state index contributed by atoms with van der Waals surface area (Å²) < 4.78 is 23.9. The number of carbonyl (C=O) groups is 1. The van der Waals surface area contributed by atoms with Gasteiger partial charge in [0.15, 0.2) is 11.6 Å². The number of rotatable bonds is 4. The Hall–Kier alpha value is -2.30. The summed E-state index contributed by atoms with van der Waals surface area (Å²) in [5.74, 6) is -1.16. The van der Waals surface area contributed by atoms with Gasteiger partial charge in [-0.1, -0.05) is 6.07 Å². The second-order valence-corrected chi connectivity index (χ2v) is 4.22. The molecule has 2 rings (SSSR count). The van der Waals surface area contributed by atoms with Gasteiger partial charge in [-0.25, -0.2) is 9.18 Å². The van der Waals surface area contributed by atoms with Crippen LogP contribution in [0.1, 0.15) is 27.4 Å². The van der Waals surface area contributed by atoms with E-state index >= 15 is 0 Å². The van der Waals surface area contributed by atoms with Crippen molar-refractivity contribution in [2.45, 2.75) is 20.5 Å². The third kappa shape index (κ3) is 2.93. The van der Waals surface area contributed by atoms with Crippen LogP contribution in [0.3, 0.4) is 0 Å². The van der Waals surface area contributed by atoms with Crippen LogP contribution in [-0.4, -0.2) is 11.1 Å². The maximum Gasteiger partial charge on any atom is 0.371 e. The first-order chi connectivity index (χ1) is 8.97. The Morgan fingerprint density at radius 2 is 2.11 bits per heavy atom. The highest BCUT2D eigenvalue weighted by Gasteiger charge is 2.14. The molecule has 0 atom stereocenters. The Bertz CT molecular complexity index is 616. The van der Waals surface area contributed by atoms with Gasteiger partial charge in [-0.05, 0) is 37.6 Å². The molecule has 19 heavy (non-hydrogen) atoms. The summed E-state index contributed by atoms with van der Waals surface area (Å²) >= 11 is 0. The second-order valence-electron chi connectivity index (χ2n) is 4.22. The normalized spacial score (nSPS) is 10.5. The van der Waals surface area contributed by atoms with Crippen LogP contribution in [0.2, 0.25) is 0 Å². The number of hydrogen-bond acceptors (Lipinski definition) is 3. The molecule has 0 unspecified atom stereocenters. The van der Waals surface area contributed by atoms with Gasteiger partial charge >= 0.3 is 5.97 Å². The summed E-state index contributed by atoms with van der Waals surface area (Å²) in [6, 6.07) is 5.94. The predicted molar refractivity (Wildman–Crippen MR) is 65.9 cm³/mol. The fourth-order valence-electron chi connectivity index (χ4n) is 1.65. The highest BCUT2D eigenvalue weighted by atomic mass is 19.1. The van der Waals surface area contributed by atoms with E-state index in [-0.39, 0.29) is 18.1 Å². The molecule has 0 bridgehead atoms. The van der Waals surface area contributed by atoms with Gasteiger partial charge in [0.05, 0.1) is 0 Å². The van der Waals surface area contributed by atoms with Crippen molar-refractivity contribution in [3.63, 3.8) is 0 Å². The van der Waals surface area contributed by atoms with Gasteiger partial charge in [-0.2, -0.15) is 0 Å². The summed E-state index contributed by atoms with van der Waals surface area (Å²) in [7, 11) is 0. The van der Waals surface area contributed by atoms with Crippen molar-refractivity contribution in [1.82, 2.24) is 0 Å². The lowest BCUT2D eigenvalue weighted by Crippen LogP contribution is -1.98. The second kappa shape index (κ2) is 5.14. The van der Waals surface area contributed by atoms with Gasteiger partial charge in [-0.15, -0.1) is 0 Å². The lowest BCUT2D eigenvalue weighted by atomic mass is 10.2. The number of ether oxygens (including phenoxy) is 1. The van der Waals surface area contributed by atoms with E-state index in [2.05, 4.69) is 0 Å². The van der Waals surface area contributed by atoms with Crippen LogP contribution < -0.4 is 4.74 Å². The molecular formula is C14H13FO4. The van der Waals surface area contributed by atoms with E-state index in [1.54, 1.807) is 19.1 Å². The van der Waals surface area contributed by atoms with Crippen molar-refractivity contribution in [3.8, 4) is 5.75 Å². The zero-order chi connectivity index (χ0) is 14.0. The average molecular weight is 264 g/mol. The first-order valence-corrected chi connectivity index (χ1v) is 5.69.